The first-order valence-corrected chi connectivity index (χ1v) is 7.35. The van der Waals surface area contributed by atoms with Gasteiger partial charge in [0, 0.05) is 11.1 Å². The van der Waals surface area contributed by atoms with E-state index in [1.54, 1.807) is 30.3 Å². The van der Waals surface area contributed by atoms with Crippen molar-refractivity contribution in [1.82, 2.24) is 0 Å². The van der Waals surface area contributed by atoms with Gasteiger partial charge in [0.05, 0.1) is 16.5 Å². The molecule has 0 bridgehead atoms. The molecule has 1 aromatic heterocycles. The van der Waals surface area contributed by atoms with Crippen molar-refractivity contribution >= 4 is 35.8 Å². The third kappa shape index (κ3) is 2.51. The SMILES string of the molecule is O=Cc1oc2cc(C(=O)O)c(C=O)c(C=O)c2c(=O)c1-c1ccccc1. The Bertz CT molecular complexity index is 1120. The first-order valence-electron chi connectivity index (χ1n) is 7.35. The number of carbonyl (C=O) groups is 4. The Balaban J connectivity index is 2.57. The van der Waals surface area contributed by atoms with Crippen molar-refractivity contribution in [2.24, 2.45) is 0 Å². The molecule has 0 spiro atoms. The van der Waals surface area contributed by atoms with Gasteiger partial charge in [-0.05, 0) is 11.6 Å². The molecule has 1 heterocycles. The van der Waals surface area contributed by atoms with Crippen LogP contribution in [0.5, 0.6) is 0 Å². The first-order chi connectivity index (χ1) is 12.5. The number of carboxylic acid groups (broad SMARTS) is 1. The smallest absolute Gasteiger partial charge is 0.336 e. The predicted octanol–water partition coefficient (Wildman–Crippen LogP) is 2.60. The first kappa shape index (κ1) is 17.0. The van der Waals surface area contributed by atoms with Crippen LogP contribution in [0.4, 0.5) is 0 Å². The molecule has 0 aliphatic carbocycles. The Hall–Kier alpha value is -3.87. The Morgan fingerprint density at radius 3 is 2.15 bits per heavy atom. The number of carboxylic acids is 1. The average molecular weight is 350 g/mol. The third-order valence-electron chi connectivity index (χ3n) is 3.93. The van der Waals surface area contributed by atoms with Gasteiger partial charge in [0.25, 0.3) is 0 Å². The summed E-state index contributed by atoms with van der Waals surface area (Å²) >= 11 is 0. The molecule has 0 saturated heterocycles. The summed E-state index contributed by atoms with van der Waals surface area (Å²) in [4.78, 5) is 58.6. The second-order valence-corrected chi connectivity index (χ2v) is 5.32. The maximum absolute atomic E-state index is 13.0. The summed E-state index contributed by atoms with van der Waals surface area (Å²) in [6, 6.07) is 9.14. The van der Waals surface area contributed by atoms with Gasteiger partial charge in [-0.25, -0.2) is 4.79 Å². The van der Waals surface area contributed by atoms with Crippen molar-refractivity contribution < 1.29 is 28.7 Å². The van der Waals surface area contributed by atoms with Crippen LogP contribution in [0.1, 0.15) is 41.6 Å². The van der Waals surface area contributed by atoms with Crippen molar-refractivity contribution in [3.05, 3.63) is 69.1 Å². The van der Waals surface area contributed by atoms with Crippen LogP contribution in [0, 0.1) is 0 Å². The van der Waals surface area contributed by atoms with E-state index in [0.717, 1.165) is 6.07 Å². The molecule has 0 aliphatic rings. The average Bonchev–Trinajstić information content (AvgIpc) is 2.66. The molecular formula is C19H10O7. The standard InChI is InChI=1S/C19H10O7/c20-7-12-11(19(24)25)6-14-17(13(12)8-21)18(23)16(15(9-22)26-14)10-4-2-1-3-5-10/h1-9H,(H,24,25). The Morgan fingerprint density at radius 1 is 0.962 bits per heavy atom. The summed E-state index contributed by atoms with van der Waals surface area (Å²) < 4.78 is 5.40. The quantitative estimate of drug-likeness (QED) is 0.702. The number of benzene rings is 2. The molecule has 26 heavy (non-hydrogen) atoms. The highest BCUT2D eigenvalue weighted by atomic mass is 16.4. The van der Waals surface area contributed by atoms with Crippen LogP contribution in [-0.4, -0.2) is 29.9 Å². The van der Waals surface area contributed by atoms with Gasteiger partial charge in [-0.1, -0.05) is 30.3 Å². The molecule has 3 aromatic rings. The topological polar surface area (TPSA) is 119 Å². The largest absolute Gasteiger partial charge is 0.478 e. The number of rotatable bonds is 5. The summed E-state index contributed by atoms with van der Waals surface area (Å²) in [7, 11) is 0. The molecule has 1 N–H and O–H groups in total. The number of hydrogen-bond donors (Lipinski definition) is 1. The summed E-state index contributed by atoms with van der Waals surface area (Å²) in [5.74, 6) is -1.78. The van der Waals surface area contributed by atoms with Crippen LogP contribution >= 0.6 is 0 Å². The fourth-order valence-corrected chi connectivity index (χ4v) is 2.80. The van der Waals surface area contributed by atoms with Crippen molar-refractivity contribution in [1.29, 1.82) is 0 Å². The summed E-state index contributed by atoms with van der Waals surface area (Å²) in [5.41, 5.74) is -1.97. The number of aromatic carboxylic acids is 1. The van der Waals surface area contributed by atoms with E-state index in [1.807, 2.05) is 0 Å². The lowest BCUT2D eigenvalue weighted by Gasteiger charge is -2.10. The molecule has 0 unspecified atom stereocenters. The number of hydrogen-bond acceptors (Lipinski definition) is 6. The molecule has 0 fully saturated rings. The molecule has 7 nitrogen and oxygen atoms in total. The Morgan fingerprint density at radius 2 is 1.62 bits per heavy atom. The van der Waals surface area contributed by atoms with Crippen molar-refractivity contribution in [2.45, 2.75) is 0 Å². The molecule has 0 atom stereocenters. The van der Waals surface area contributed by atoms with Crippen LogP contribution in [0.25, 0.3) is 22.1 Å². The fraction of sp³-hybridized carbons (Fsp3) is 0. The monoisotopic (exact) mass is 350 g/mol. The fourth-order valence-electron chi connectivity index (χ4n) is 2.80. The van der Waals surface area contributed by atoms with Crippen LogP contribution in [0.2, 0.25) is 0 Å². The van der Waals surface area contributed by atoms with E-state index in [-0.39, 0.29) is 34.9 Å². The minimum Gasteiger partial charge on any atom is -0.478 e. The molecular weight excluding hydrogens is 340 g/mol. The lowest BCUT2D eigenvalue weighted by atomic mass is 9.95. The van der Waals surface area contributed by atoms with E-state index in [4.69, 9.17) is 4.42 Å². The second kappa shape index (κ2) is 6.56. The van der Waals surface area contributed by atoms with E-state index in [2.05, 4.69) is 0 Å². The predicted molar refractivity (Wildman–Crippen MR) is 91.0 cm³/mol. The number of fused-ring (bicyclic) bond motifs is 1. The molecule has 0 aliphatic heterocycles. The van der Waals surface area contributed by atoms with Gasteiger partial charge in [-0.3, -0.25) is 19.2 Å². The van der Waals surface area contributed by atoms with Gasteiger partial charge >= 0.3 is 5.97 Å². The molecule has 0 saturated carbocycles. The Labute approximate surface area is 145 Å². The summed E-state index contributed by atoms with van der Waals surface area (Å²) in [6.45, 7) is 0. The molecule has 3 rings (SSSR count). The Kier molecular flexibility index (Phi) is 4.28. The lowest BCUT2D eigenvalue weighted by Crippen LogP contribution is -2.14. The second-order valence-electron chi connectivity index (χ2n) is 5.32. The van der Waals surface area contributed by atoms with Gasteiger partial charge in [0.2, 0.25) is 5.43 Å². The molecule has 7 heteroatoms. The van der Waals surface area contributed by atoms with Crippen LogP contribution in [0.15, 0.2) is 45.6 Å². The highest BCUT2D eigenvalue weighted by Gasteiger charge is 2.24. The summed E-state index contributed by atoms with van der Waals surface area (Å²) in [5, 5.41) is 8.99. The van der Waals surface area contributed by atoms with Crippen LogP contribution < -0.4 is 5.43 Å². The molecule has 128 valence electrons. The van der Waals surface area contributed by atoms with Gasteiger partial charge in [0.15, 0.2) is 24.6 Å². The van der Waals surface area contributed by atoms with Gasteiger partial charge in [-0.2, -0.15) is 0 Å². The molecule has 2 aromatic carbocycles. The van der Waals surface area contributed by atoms with Gasteiger partial charge in [-0.15, -0.1) is 0 Å². The van der Waals surface area contributed by atoms with Crippen LogP contribution in [0.3, 0.4) is 0 Å². The van der Waals surface area contributed by atoms with Gasteiger partial charge < -0.3 is 9.52 Å². The molecule has 0 amide bonds. The number of aldehydes is 3. The highest BCUT2D eigenvalue weighted by molar-refractivity contribution is 6.11. The van der Waals surface area contributed by atoms with Gasteiger partial charge in [0.1, 0.15) is 5.58 Å². The summed E-state index contributed by atoms with van der Waals surface area (Å²) in [6.07, 6.45) is 0.754. The van der Waals surface area contributed by atoms with Crippen LogP contribution in [-0.2, 0) is 0 Å². The van der Waals surface area contributed by atoms with Crippen molar-refractivity contribution in [3.8, 4) is 11.1 Å². The lowest BCUT2D eigenvalue weighted by molar-refractivity contribution is 0.0694. The third-order valence-corrected chi connectivity index (χ3v) is 3.93. The maximum atomic E-state index is 13.0. The minimum absolute atomic E-state index is 0.0730. The van der Waals surface area contributed by atoms with Crippen molar-refractivity contribution in [2.75, 3.05) is 0 Å². The van der Waals surface area contributed by atoms with E-state index >= 15 is 0 Å². The van der Waals surface area contributed by atoms with E-state index in [9.17, 15) is 29.1 Å². The zero-order chi connectivity index (χ0) is 18.8. The van der Waals surface area contributed by atoms with E-state index in [0.29, 0.717) is 11.8 Å². The zero-order valence-electron chi connectivity index (χ0n) is 13.1. The highest BCUT2D eigenvalue weighted by Crippen LogP contribution is 2.28. The van der Waals surface area contributed by atoms with E-state index in [1.165, 1.54) is 0 Å². The minimum atomic E-state index is -1.47. The number of carbonyl (C=O) groups excluding carboxylic acids is 3. The molecule has 0 radical (unpaired) electrons. The maximum Gasteiger partial charge on any atom is 0.336 e. The zero-order valence-corrected chi connectivity index (χ0v) is 13.1. The van der Waals surface area contributed by atoms with E-state index < -0.39 is 28.1 Å². The van der Waals surface area contributed by atoms with Crippen molar-refractivity contribution in [3.63, 3.8) is 0 Å². The normalized spacial score (nSPS) is 10.5.